The van der Waals surface area contributed by atoms with Crippen molar-refractivity contribution in [1.29, 1.82) is 0 Å². The second kappa shape index (κ2) is 5.54. The van der Waals surface area contributed by atoms with Gasteiger partial charge in [0, 0.05) is 5.56 Å². The van der Waals surface area contributed by atoms with Gasteiger partial charge < -0.3 is 9.84 Å². The summed E-state index contributed by atoms with van der Waals surface area (Å²) in [6, 6.07) is 3.30. The molecule has 1 unspecified atom stereocenters. The van der Waals surface area contributed by atoms with E-state index in [9.17, 15) is 9.90 Å². The van der Waals surface area contributed by atoms with Crippen LogP contribution in [-0.4, -0.2) is 17.5 Å². The van der Waals surface area contributed by atoms with E-state index in [1.807, 2.05) is 6.92 Å². The minimum Gasteiger partial charge on any atom is -0.507 e. The van der Waals surface area contributed by atoms with Crippen LogP contribution in [0.25, 0.3) is 0 Å². The van der Waals surface area contributed by atoms with E-state index in [4.69, 9.17) is 4.74 Å². The summed E-state index contributed by atoms with van der Waals surface area (Å²) >= 11 is 0. The summed E-state index contributed by atoms with van der Waals surface area (Å²) in [6.45, 7) is 5.84. The van der Waals surface area contributed by atoms with Gasteiger partial charge in [-0.05, 0) is 32.4 Å². The molecule has 0 radical (unpaired) electrons. The molecule has 1 aromatic carbocycles. The van der Waals surface area contributed by atoms with Gasteiger partial charge in [-0.3, -0.25) is 4.79 Å². The minimum absolute atomic E-state index is 0.0104. The molecule has 0 fully saturated rings. The molecule has 0 heterocycles. The van der Waals surface area contributed by atoms with E-state index < -0.39 is 0 Å². The van der Waals surface area contributed by atoms with Gasteiger partial charge in [-0.25, -0.2) is 0 Å². The summed E-state index contributed by atoms with van der Waals surface area (Å²) in [5.74, 6) is 0.653. The lowest BCUT2D eigenvalue weighted by Crippen LogP contribution is -2.11. The first-order chi connectivity index (χ1) is 7.60. The molecule has 1 aromatic rings. The van der Waals surface area contributed by atoms with Crippen LogP contribution in [-0.2, 0) is 0 Å². The fourth-order valence-electron chi connectivity index (χ4n) is 1.61. The highest BCUT2D eigenvalue weighted by Crippen LogP contribution is 2.30. The Balaban J connectivity index is 2.90. The average Bonchev–Trinajstić information content (AvgIpc) is 2.25. The number of aldehydes is 1. The zero-order chi connectivity index (χ0) is 12.1. The number of hydrogen-bond acceptors (Lipinski definition) is 3. The van der Waals surface area contributed by atoms with E-state index in [0.717, 1.165) is 12.8 Å². The molecule has 1 rings (SSSR count). The molecule has 0 aliphatic carbocycles. The zero-order valence-electron chi connectivity index (χ0n) is 9.99. The first-order valence-electron chi connectivity index (χ1n) is 5.54. The van der Waals surface area contributed by atoms with Crippen LogP contribution in [0, 0.1) is 6.92 Å². The second-order valence-corrected chi connectivity index (χ2v) is 3.96. The molecule has 0 aliphatic rings. The van der Waals surface area contributed by atoms with E-state index >= 15 is 0 Å². The first-order valence-corrected chi connectivity index (χ1v) is 5.54. The lowest BCUT2D eigenvalue weighted by atomic mass is 10.1. The Morgan fingerprint density at radius 3 is 2.75 bits per heavy atom. The van der Waals surface area contributed by atoms with Crippen LogP contribution in [0.4, 0.5) is 0 Å². The molecule has 3 nitrogen and oxygen atoms in total. The van der Waals surface area contributed by atoms with Crippen LogP contribution in [0.15, 0.2) is 12.1 Å². The summed E-state index contributed by atoms with van der Waals surface area (Å²) in [6.07, 6.45) is 2.78. The number of rotatable bonds is 5. The largest absolute Gasteiger partial charge is 0.507 e. The van der Waals surface area contributed by atoms with Crippen LogP contribution < -0.4 is 4.74 Å². The first kappa shape index (κ1) is 12.6. The third-order valence-electron chi connectivity index (χ3n) is 2.56. The van der Waals surface area contributed by atoms with Crippen molar-refractivity contribution in [2.75, 3.05) is 0 Å². The molecule has 0 bridgehead atoms. The molecular formula is C13H18O3. The number of aromatic hydroxyl groups is 1. The lowest BCUT2D eigenvalue weighted by molar-refractivity contribution is 0.112. The molecule has 0 saturated carbocycles. The van der Waals surface area contributed by atoms with Crippen molar-refractivity contribution in [2.24, 2.45) is 0 Å². The molecule has 0 amide bonds. The van der Waals surface area contributed by atoms with Gasteiger partial charge in [0.2, 0.25) is 0 Å². The van der Waals surface area contributed by atoms with Crippen LogP contribution in [0.2, 0.25) is 0 Å². The molecule has 16 heavy (non-hydrogen) atoms. The number of carbonyl (C=O) groups is 1. The van der Waals surface area contributed by atoms with E-state index in [1.54, 1.807) is 19.1 Å². The number of ether oxygens (including phenoxy) is 1. The Morgan fingerprint density at radius 1 is 1.50 bits per heavy atom. The van der Waals surface area contributed by atoms with Gasteiger partial charge >= 0.3 is 0 Å². The predicted molar refractivity (Wildman–Crippen MR) is 63.2 cm³/mol. The lowest BCUT2D eigenvalue weighted by Gasteiger charge is -2.16. The summed E-state index contributed by atoms with van der Waals surface area (Å²) in [5, 5.41) is 9.71. The topological polar surface area (TPSA) is 46.5 Å². The number of benzene rings is 1. The summed E-state index contributed by atoms with van der Waals surface area (Å²) in [5.41, 5.74) is 0.917. The highest BCUT2D eigenvalue weighted by Gasteiger charge is 2.11. The molecule has 0 spiro atoms. The van der Waals surface area contributed by atoms with Crippen LogP contribution in [0.1, 0.15) is 42.6 Å². The number of hydrogen-bond donors (Lipinski definition) is 1. The SMILES string of the molecule is CCCC(C)Oc1ccc(C=O)c(O)c1C. The van der Waals surface area contributed by atoms with E-state index in [2.05, 4.69) is 6.92 Å². The zero-order valence-corrected chi connectivity index (χ0v) is 9.99. The quantitative estimate of drug-likeness (QED) is 0.779. The number of carbonyl (C=O) groups excluding carboxylic acids is 1. The predicted octanol–water partition coefficient (Wildman–Crippen LogP) is 3.08. The Bertz CT molecular complexity index is 372. The third-order valence-corrected chi connectivity index (χ3v) is 2.56. The Morgan fingerprint density at radius 2 is 2.19 bits per heavy atom. The van der Waals surface area contributed by atoms with Crippen molar-refractivity contribution in [2.45, 2.75) is 39.7 Å². The fraction of sp³-hybridized carbons (Fsp3) is 0.462. The second-order valence-electron chi connectivity index (χ2n) is 3.96. The minimum atomic E-state index is 0.0104. The van der Waals surface area contributed by atoms with Crippen LogP contribution >= 0.6 is 0 Å². The monoisotopic (exact) mass is 222 g/mol. The Kier molecular flexibility index (Phi) is 4.35. The molecule has 0 saturated heterocycles. The van der Waals surface area contributed by atoms with Crippen molar-refractivity contribution in [1.82, 2.24) is 0 Å². The van der Waals surface area contributed by atoms with Crippen LogP contribution in [0.3, 0.4) is 0 Å². The van der Waals surface area contributed by atoms with Crippen molar-refractivity contribution in [3.8, 4) is 11.5 Å². The molecule has 0 aliphatic heterocycles. The van der Waals surface area contributed by atoms with Gasteiger partial charge in [0.15, 0.2) is 6.29 Å². The van der Waals surface area contributed by atoms with Crippen molar-refractivity contribution in [3.63, 3.8) is 0 Å². The average molecular weight is 222 g/mol. The molecular weight excluding hydrogens is 204 g/mol. The van der Waals surface area contributed by atoms with Crippen molar-refractivity contribution >= 4 is 6.29 Å². The highest BCUT2D eigenvalue weighted by molar-refractivity contribution is 5.80. The molecule has 0 aromatic heterocycles. The summed E-state index contributed by atoms with van der Waals surface area (Å²) in [4.78, 5) is 10.6. The van der Waals surface area contributed by atoms with Gasteiger partial charge in [0.1, 0.15) is 11.5 Å². The maximum atomic E-state index is 10.6. The Hall–Kier alpha value is -1.51. The highest BCUT2D eigenvalue weighted by atomic mass is 16.5. The number of phenols is 1. The van der Waals surface area contributed by atoms with Crippen LogP contribution in [0.5, 0.6) is 11.5 Å². The molecule has 1 atom stereocenters. The standard InChI is InChI=1S/C13H18O3/c1-4-5-9(2)16-12-7-6-11(8-14)13(15)10(12)3/h6-9,15H,4-5H2,1-3H3. The third kappa shape index (κ3) is 2.75. The summed E-state index contributed by atoms with van der Waals surface area (Å²) in [7, 11) is 0. The van der Waals surface area contributed by atoms with Crippen molar-refractivity contribution in [3.05, 3.63) is 23.3 Å². The molecule has 3 heteroatoms. The number of phenolic OH excluding ortho intramolecular Hbond substituents is 1. The van der Waals surface area contributed by atoms with Gasteiger partial charge in [-0.15, -0.1) is 0 Å². The normalized spacial score (nSPS) is 12.2. The fourth-order valence-corrected chi connectivity index (χ4v) is 1.61. The van der Waals surface area contributed by atoms with Gasteiger partial charge in [0.05, 0.1) is 11.7 Å². The van der Waals surface area contributed by atoms with Gasteiger partial charge in [-0.2, -0.15) is 0 Å². The maximum Gasteiger partial charge on any atom is 0.153 e. The molecule has 88 valence electrons. The van der Waals surface area contributed by atoms with E-state index in [-0.39, 0.29) is 11.9 Å². The van der Waals surface area contributed by atoms with E-state index in [0.29, 0.717) is 23.2 Å². The van der Waals surface area contributed by atoms with Gasteiger partial charge in [-0.1, -0.05) is 13.3 Å². The molecule has 1 N–H and O–H groups in total. The summed E-state index contributed by atoms with van der Waals surface area (Å²) < 4.78 is 5.69. The van der Waals surface area contributed by atoms with E-state index in [1.165, 1.54) is 0 Å². The van der Waals surface area contributed by atoms with Gasteiger partial charge in [0.25, 0.3) is 0 Å². The maximum absolute atomic E-state index is 10.6. The van der Waals surface area contributed by atoms with Crippen molar-refractivity contribution < 1.29 is 14.6 Å². The Labute approximate surface area is 96.1 Å². The smallest absolute Gasteiger partial charge is 0.153 e.